The molecule has 0 aromatic heterocycles. The molecule has 2 nitrogen and oxygen atoms in total. The van der Waals surface area contributed by atoms with Gasteiger partial charge in [0.15, 0.2) is 0 Å². The monoisotopic (exact) mass is 297 g/mol. The maximum absolute atomic E-state index is 12.8. The molecule has 7 heteroatoms. The van der Waals surface area contributed by atoms with E-state index in [1.165, 1.54) is 6.07 Å². The summed E-state index contributed by atoms with van der Waals surface area (Å²) in [6, 6.07) is 3.05. The largest absolute Gasteiger partial charge is 0.434 e. The Morgan fingerprint density at radius 1 is 1.15 bits per heavy atom. The van der Waals surface area contributed by atoms with Crippen molar-refractivity contribution in [2.24, 2.45) is 0 Å². The van der Waals surface area contributed by atoms with Gasteiger partial charge in [-0.05, 0) is 38.5 Å². The van der Waals surface area contributed by atoms with Crippen molar-refractivity contribution >= 4 is 0 Å². The summed E-state index contributed by atoms with van der Waals surface area (Å²) in [5.41, 5.74) is -1.13. The standard InChI is InChI=1S/C13H16F5NO/c1-12(2,3)19-7-8-4-5-10(20-11(14)15)9(6-8)13(16,17)18/h4-6,11,19H,7H2,1-3H3. The van der Waals surface area contributed by atoms with Crippen molar-refractivity contribution in [2.45, 2.75) is 45.6 Å². The molecule has 0 bridgehead atoms. The minimum absolute atomic E-state index is 0.196. The van der Waals surface area contributed by atoms with Crippen LogP contribution in [0.2, 0.25) is 0 Å². The first-order valence-electron chi connectivity index (χ1n) is 5.89. The Balaban J connectivity index is 3.02. The molecule has 20 heavy (non-hydrogen) atoms. The van der Waals surface area contributed by atoms with E-state index < -0.39 is 24.1 Å². The van der Waals surface area contributed by atoms with E-state index in [4.69, 9.17) is 0 Å². The molecule has 1 aromatic rings. The molecule has 1 aromatic carbocycles. The van der Waals surface area contributed by atoms with Crippen molar-refractivity contribution in [3.8, 4) is 5.75 Å². The van der Waals surface area contributed by atoms with Gasteiger partial charge >= 0.3 is 12.8 Å². The van der Waals surface area contributed by atoms with Gasteiger partial charge in [-0.2, -0.15) is 22.0 Å². The lowest BCUT2D eigenvalue weighted by Gasteiger charge is -2.21. The Hall–Kier alpha value is -1.37. The summed E-state index contributed by atoms with van der Waals surface area (Å²) in [4.78, 5) is 0. The van der Waals surface area contributed by atoms with Crippen molar-refractivity contribution in [2.75, 3.05) is 0 Å². The minimum atomic E-state index is -4.75. The van der Waals surface area contributed by atoms with Gasteiger partial charge in [0.25, 0.3) is 0 Å². The van der Waals surface area contributed by atoms with Crippen LogP contribution in [0.1, 0.15) is 31.9 Å². The Kier molecular flexibility index (Phi) is 4.96. The van der Waals surface area contributed by atoms with Gasteiger partial charge in [0.05, 0.1) is 5.56 Å². The number of halogens is 5. The minimum Gasteiger partial charge on any atom is -0.434 e. The van der Waals surface area contributed by atoms with E-state index in [1.807, 2.05) is 20.8 Å². The molecule has 0 radical (unpaired) electrons. The van der Waals surface area contributed by atoms with Crippen molar-refractivity contribution in [1.29, 1.82) is 0 Å². The predicted octanol–water partition coefficient (Wildman–Crippen LogP) is 4.19. The van der Waals surface area contributed by atoms with E-state index in [-0.39, 0.29) is 12.1 Å². The molecule has 0 heterocycles. The molecule has 0 unspecified atom stereocenters. The van der Waals surface area contributed by atoms with Crippen LogP contribution in [0.25, 0.3) is 0 Å². The van der Waals surface area contributed by atoms with Crippen LogP contribution in [0.5, 0.6) is 5.75 Å². The number of hydrogen-bond acceptors (Lipinski definition) is 2. The van der Waals surface area contributed by atoms with E-state index in [2.05, 4.69) is 10.1 Å². The normalized spacial score (nSPS) is 12.8. The first-order valence-corrected chi connectivity index (χ1v) is 5.89. The van der Waals surface area contributed by atoms with Crippen LogP contribution in [-0.4, -0.2) is 12.2 Å². The average molecular weight is 297 g/mol. The SMILES string of the molecule is CC(C)(C)NCc1ccc(OC(F)F)c(C(F)(F)F)c1. The zero-order valence-corrected chi connectivity index (χ0v) is 11.3. The third-order valence-electron chi connectivity index (χ3n) is 2.39. The molecule has 0 fully saturated rings. The second kappa shape index (κ2) is 5.95. The van der Waals surface area contributed by atoms with Gasteiger partial charge in [-0.25, -0.2) is 0 Å². The van der Waals surface area contributed by atoms with Crippen molar-refractivity contribution in [1.82, 2.24) is 5.32 Å². The second-order valence-electron chi connectivity index (χ2n) is 5.31. The first-order chi connectivity index (χ1) is 8.99. The Morgan fingerprint density at radius 2 is 1.75 bits per heavy atom. The summed E-state index contributed by atoms with van der Waals surface area (Å²) >= 11 is 0. The van der Waals surface area contributed by atoms with Crippen molar-refractivity contribution in [3.63, 3.8) is 0 Å². The molecule has 0 amide bonds. The van der Waals surface area contributed by atoms with E-state index in [9.17, 15) is 22.0 Å². The second-order valence-corrected chi connectivity index (χ2v) is 5.31. The van der Waals surface area contributed by atoms with Crippen LogP contribution < -0.4 is 10.1 Å². The van der Waals surface area contributed by atoms with Gasteiger partial charge in [-0.15, -0.1) is 0 Å². The molecular formula is C13H16F5NO. The fourth-order valence-electron chi connectivity index (χ4n) is 1.47. The van der Waals surface area contributed by atoms with Crippen LogP contribution in [0.4, 0.5) is 22.0 Å². The molecule has 0 aliphatic rings. The maximum atomic E-state index is 12.8. The van der Waals surface area contributed by atoms with Gasteiger partial charge in [0, 0.05) is 12.1 Å². The highest BCUT2D eigenvalue weighted by atomic mass is 19.4. The highest BCUT2D eigenvalue weighted by molar-refractivity contribution is 5.39. The fourth-order valence-corrected chi connectivity index (χ4v) is 1.47. The molecule has 0 spiro atoms. The molecule has 0 aliphatic carbocycles. The zero-order chi connectivity index (χ0) is 15.6. The Bertz CT molecular complexity index is 451. The molecule has 114 valence electrons. The lowest BCUT2D eigenvalue weighted by Crippen LogP contribution is -2.35. The van der Waals surface area contributed by atoms with E-state index in [0.29, 0.717) is 5.56 Å². The summed E-state index contributed by atoms with van der Waals surface area (Å²) in [5.74, 6) is -0.869. The molecule has 0 aliphatic heterocycles. The van der Waals surface area contributed by atoms with Crippen LogP contribution in [0.15, 0.2) is 18.2 Å². The summed E-state index contributed by atoms with van der Waals surface area (Å²) in [7, 11) is 0. The van der Waals surface area contributed by atoms with Gasteiger partial charge < -0.3 is 10.1 Å². The topological polar surface area (TPSA) is 21.3 Å². The third kappa shape index (κ3) is 5.32. The number of nitrogens with one attached hydrogen (secondary N) is 1. The number of alkyl halides is 5. The van der Waals surface area contributed by atoms with Crippen molar-refractivity contribution < 1.29 is 26.7 Å². The van der Waals surface area contributed by atoms with Gasteiger partial charge in [0.1, 0.15) is 5.75 Å². The molecule has 1 N–H and O–H groups in total. The smallest absolute Gasteiger partial charge is 0.419 e. The number of rotatable bonds is 4. The van der Waals surface area contributed by atoms with Crippen molar-refractivity contribution in [3.05, 3.63) is 29.3 Å². The van der Waals surface area contributed by atoms with E-state index >= 15 is 0 Å². The lowest BCUT2D eigenvalue weighted by molar-refractivity contribution is -0.141. The van der Waals surface area contributed by atoms with Crippen LogP contribution in [0, 0.1) is 0 Å². The quantitative estimate of drug-likeness (QED) is 0.841. The summed E-state index contributed by atoms with van der Waals surface area (Å²) in [5, 5.41) is 3.02. The zero-order valence-electron chi connectivity index (χ0n) is 11.3. The number of hydrogen-bond donors (Lipinski definition) is 1. The molecule has 0 atom stereocenters. The van der Waals surface area contributed by atoms with Crippen LogP contribution in [0.3, 0.4) is 0 Å². The maximum Gasteiger partial charge on any atom is 0.419 e. The number of benzene rings is 1. The van der Waals surface area contributed by atoms with E-state index in [1.54, 1.807) is 0 Å². The summed E-state index contributed by atoms with van der Waals surface area (Å²) in [6.45, 7) is 2.50. The highest BCUT2D eigenvalue weighted by Gasteiger charge is 2.35. The lowest BCUT2D eigenvalue weighted by atomic mass is 10.1. The third-order valence-corrected chi connectivity index (χ3v) is 2.39. The van der Waals surface area contributed by atoms with Gasteiger partial charge in [-0.3, -0.25) is 0 Å². The van der Waals surface area contributed by atoms with Gasteiger partial charge in [-0.1, -0.05) is 6.07 Å². The first kappa shape index (κ1) is 16.7. The molecule has 1 rings (SSSR count). The summed E-state index contributed by atoms with van der Waals surface area (Å²) in [6.07, 6.45) is -4.75. The number of ether oxygens (including phenoxy) is 1. The van der Waals surface area contributed by atoms with Gasteiger partial charge in [0.2, 0.25) is 0 Å². The Labute approximate surface area is 113 Å². The predicted molar refractivity (Wildman–Crippen MR) is 64.7 cm³/mol. The molecule has 0 saturated carbocycles. The Morgan fingerprint density at radius 3 is 2.20 bits per heavy atom. The fraction of sp³-hybridized carbons (Fsp3) is 0.538. The summed E-state index contributed by atoms with van der Waals surface area (Å²) < 4.78 is 66.5. The average Bonchev–Trinajstić information content (AvgIpc) is 2.24. The van der Waals surface area contributed by atoms with Crippen LogP contribution >= 0.6 is 0 Å². The van der Waals surface area contributed by atoms with E-state index in [0.717, 1.165) is 12.1 Å². The van der Waals surface area contributed by atoms with Crippen LogP contribution in [-0.2, 0) is 12.7 Å². The molecule has 0 saturated heterocycles. The molecular weight excluding hydrogens is 281 g/mol. The highest BCUT2D eigenvalue weighted by Crippen LogP contribution is 2.37.